The molecule has 8 heteroatoms. The van der Waals surface area contributed by atoms with E-state index in [1.165, 1.54) is 6.92 Å². The molecule has 0 radical (unpaired) electrons. The Kier molecular flexibility index (Phi) is 7.34. The number of nitrogens with one attached hydrogen (secondary N) is 2. The zero-order valence-corrected chi connectivity index (χ0v) is 14.8. The summed E-state index contributed by atoms with van der Waals surface area (Å²) in [6, 6.07) is -1.76. The molecule has 24 heavy (non-hydrogen) atoms. The van der Waals surface area contributed by atoms with Gasteiger partial charge in [-0.3, -0.25) is 24.1 Å². The van der Waals surface area contributed by atoms with Crippen LogP contribution in [-0.2, 0) is 19.2 Å². The number of likely N-dealkylation sites (tertiary alicyclic amines) is 1. The lowest BCUT2D eigenvalue weighted by molar-refractivity contribution is -0.133. The van der Waals surface area contributed by atoms with Crippen LogP contribution in [-0.4, -0.2) is 59.1 Å². The van der Waals surface area contributed by atoms with Gasteiger partial charge in [0.2, 0.25) is 17.7 Å². The summed E-state index contributed by atoms with van der Waals surface area (Å²) in [5, 5.41) is 5.14. The summed E-state index contributed by atoms with van der Waals surface area (Å²) in [6.07, 6.45) is 1.45. The molecule has 1 heterocycles. The Balaban J connectivity index is 2.61. The van der Waals surface area contributed by atoms with Gasteiger partial charge in [0, 0.05) is 6.04 Å². The Labute approximate surface area is 142 Å². The standard InChI is InChI=1S/C16H28N4O4/c1-9(2)20-7-5-6-13(20)16(24)18-10(3)15(23)19-12(11(4)21)8-14(17)22/h9-10,12-13H,5-8H2,1-4H3,(H2,17,22)(H,18,24)(H,19,23)/t10-,12-,13-/m0/s1. The van der Waals surface area contributed by atoms with E-state index in [4.69, 9.17) is 5.73 Å². The summed E-state index contributed by atoms with van der Waals surface area (Å²) in [6.45, 7) is 7.74. The van der Waals surface area contributed by atoms with Crippen LogP contribution in [0.25, 0.3) is 0 Å². The van der Waals surface area contributed by atoms with Crippen LogP contribution in [0.4, 0.5) is 0 Å². The predicted octanol–water partition coefficient (Wildman–Crippen LogP) is -0.687. The summed E-state index contributed by atoms with van der Waals surface area (Å²) in [7, 11) is 0. The minimum atomic E-state index is -0.965. The fourth-order valence-corrected chi connectivity index (χ4v) is 2.86. The molecule has 136 valence electrons. The van der Waals surface area contributed by atoms with Gasteiger partial charge in [0.15, 0.2) is 5.78 Å². The molecule has 0 aromatic heterocycles. The summed E-state index contributed by atoms with van der Waals surface area (Å²) >= 11 is 0. The maximum atomic E-state index is 12.4. The molecule has 1 fully saturated rings. The van der Waals surface area contributed by atoms with E-state index in [1.807, 2.05) is 13.8 Å². The molecule has 0 aromatic carbocycles. The van der Waals surface area contributed by atoms with Crippen LogP contribution in [0.2, 0.25) is 0 Å². The highest BCUT2D eigenvalue weighted by Gasteiger charge is 2.33. The fraction of sp³-hybridized carbons (Fsp3) is 0.750. The third kappa shape index (κ3) is 5.59. The molecule has 1 aliphatic rings. The van der Waals surface area contributed by atoms with Crippen LogP contribution in [0, 0.1) is 0 Å². The van der Waals surface area contributed by atoms with Crippen LogP contribution >= 0.6 is 0 Å². The van der Waals surface area contributed by atoms with Crippen LogP contribution in [0.5, 0.6) is 0 Å². The van der Waals surface area contributed by atoms with E-state index in [1.54, 1.807) is 6.92 Å². The van der Waals surface area contributed by atoms with E-state index in [9.17, 15) is 19.2 Å². The highest BCUT2D eigenvalue weighted by atomic mass is 16.2. The smallest absolute Gasteiger partial charge is 0.242 e. The number of hydrogen-bond donors (Lipinski definition) is 3. The topological polar surface area (TPSA) is 122 Å². The number of rotatable bonds is 8. The maximum Gasteiger partial charge on any atom is 0.242 e. The number of Topliss-reactive ketones (excluding diaryl/α,β-unsaturated/α-hetero) is 1. The Morgan fingerprint density at radius 3 is 2.29 bits per heavy atom. The lowest BCUT2D eigenvalue weighted by Crippen LogP contribution is -2.54. The molecule has 3 atom stereocenters. The number of carbonyl (C=O) groups excluding carboxylic acids is 4. The van der Waals surface area contributed by atoms with E-state index in [2.05, 4.69) is 15.5 Å². The second-order valence-corrected chi connectivity index (χ2v) is 6.56. The lowest BCUT2D eigenvalue weighted by Gasteiger charge is -2.28. The Hall–Kier alpha value is -1.96. The molecular weight excluding hydrogens is 312 g/mol. The van der Waals surface area contributed by atoms with E-state index in [0.29, 0.717) is 0 Å². The second kappa shape index (κ2) is 8.77. The van der Waals surface area contributed by atoms with Crippen molar-refractivity contribution in [1.29, 1.82) is 0 Å². The molecule has 0 spiro atoms. The van der Waals surface area contributed by atoms with Gasteiger partial charge in [-0.1, -0.05) is 0 Å². The number of ketones is 1. The van der Waals surface area contributed by atoms with Crippen molar-refractivity contribution in [3.05, 3.63) is 0 Å². The predicted molar refractivity (Wildman–Crippen MR) is 88.9 cm³/mol. The maximum absolute atomic E-state index is 12.4. The van der Waals surface area contributed by atoms with Crippen molar-refractivity contribution in [2.45, 2.75) is 71.1 Å². The van der Waals surface area contributed by atoms with Gasteiger partial charge in [-0.15, -0.1) is 0 Å². The Bertz CT molecular complexity index is 506. The number of nitrogens with two attached hydrogens (primary N) is 1. The molecule has 0 bridgehead atoms. The number of nitrogens with zero attached hydrogens (tertiary/aromatic N) is 1. The largest absolute Gasteiger partial charge is 0.370 e. The summed E-state index contributed by atoms with van der Waals surface area (Å²) in [4.78, 5) is 49.1. The molecule has 8 nitrogen and oxygen atoms in total. The average Bonchev–Trinajstić information content (AvgIpc) is 2.95. The molecule has 1 rings (SSSR count). The molecule has 0 aromatic rings. The second-order valence-electron chi connectivity index (χ2n) is 6.56. The van der Waals surface area contributed by atoms with E-state index >= 15 is 0 Å². The average molecular weight is 340 g/mol. The van der Waals surface area contributed by atoms with Gasteiger partial charge >= 0.3 is 0 Å². The molecule has 1 aliphatic heterocycles. The summed E-state index contributed by atoms with van der Waals surface area (Å²) in [5.74, 6) is -1.75. The minimum absolute atomic E-state index is 0.196. The first-order valence-electron chi connectivity index (χ1n) is 8.28. The summed E-state index contributed by atoms with van der Waals surface area (Å²) < 4.78 is 0. The molecule has 4 N–H and O–H groups in total. The van der Waals surface area contributed by atoms with Gasteiger partial charge in [0.05, 0.1) is 18.5 Å². The van der Waals surface area contributed by atoms with Gasteiger partial charge in [-0.25, -0.2) is 0 Å². The van der Waals surface area contributed by atoms with Gasteiger partial charge in [-0.05, 0) is 47.1 Å². The SMILES string of the molecule is CC(=O)[C@H](CC(N)=O)NC(=O)[C@H](C)NC(=O)[C@@H]1CCCN1C(C)C. The number of primary amides is 1. The highest BCUT2D eigenvalue weighted by Crippen LogP contribution is 2.20. The fourth-order valence-electron chi connectivity index (χ4n) is 2.86. The normalized spacial score (nSPS) is 20.5. The van der Waals surface area contributed by atoms with Crippen LogP contribution in [0.1, 0.15) is 47.0 Å². The zero-order valence-electron chi connectivity index (χ0n) is 14.8. The van der Waals surface area contributed by atoms with Crippen molar-refractivity contribution in [2.75, 3.05) is 6.54 Å². The molecule has 0 saturated carbocycles. The van der Waals surface area contributed by atoms with E-state index < -0.39 is 23.9 Å². The van der Waals surface area contributed by atoms with Crippen molar-refractivity contribution < 1.29 is 19.2 Å². The van der Waals surface area contributed by atoms with Gasteiger partial charge in [0.25, 0.3) is 0 Å². The van der Waals surface area contributed by atoms with Crippen LogP contribution in [0.15, 0.2) is 0 Å². The molecule has 0 aliphatic carbocycles. The van der Waals surface area contributed by atoms with Crippen LogP contribution in [0.3, 0.4) is 0 Å². The Morgan fingerprint density at radius 1 is 1.17 bits per heavy atom. The van der Waals surface area contributed by atoms with Crippen LogP contribution < -0.4 is 16.4 Å². The quantitative estimate of drug-likeness (QED) is 0.540. The van der Waals surface area contributed by atoms with Gasteiger partial charge in [-0.2, -0.15) is 0 Å². The third-order valence-electron chi connectivity index (χ3n) is 4.22. The molecular formula is C16H28N4O4. The number of hydrogen-bond acceptors (Lipinski definition) is 5. The molecule has 3 amide bonds. The van der Waals surface area contributed by atoms with Crippen molar-refractivity contribution in [1.82, 2.24) is 15.5 Å². The monoisotopic (exact) mass is 340 g/mol. The zero-order chi connectivity index (χ0) is 18.4. The molecule has 0 unspecified atom stereocenters. The van der Waals surface area contributed by atoms with Gasteiger partial charge in [0.1, 0.15) is 6.04 Å². The number of amides is 3. The van der Waals surface area contributed by atoms with E-state index in [-0.39, 0.29) is 30.2 Å². The van der Waals surface area contributed by atoms with Crippen molar-refractivity contribution >= 4 is 23.5 Å². The minimum Gasteiger partial charge on any atom is -0.370 e. The molecule has 1 saturated heterocycles. The first-order valence-corrected chi connectivity index (χ1v) is 8.28. The summed E-state index contributed by atoms with van der Waals surface area (Å²) in [5.41, 5.74) is 5.07. The van der Waals surface area contributed by atoms with Crippen molar-refractivity contribution in [3.63, 3.8) is 0 Å². The first-order chi connectivity index (χ1) is 11.1. The van der Waals surface area contributed by atoms with Crippen molar-refractivity contribution in [3.8, 4) is 0 Å². The number of carbonyl (C=O) groups is 4. The Morgan fingerprint density at radius 2 is 1.79 bits per heavy atom. The van der Waals surface area contributed by atoms with E-state index in [0.717, 1.165) is 19.4 Å². The van der Waals surface area contributed by atoms with Crippen molar-refractivity contribution in [2.24, 2.45) is 5.73 Å². The first kappa shape index (κ1) is 20.1. The highest BCUT2D eigenvalue weighted by molar-refractivity contribution is 5.94. The van der Waals surface area contributed by atoms with Gasteiger partial charge < -0.3 is 16.4 Å². The third-order valence-corrected chi connectivity index (χ3v) is 4.22. The lowest BCUT2D eigenvalue weighted by atomic mass is 10.1.